The number of amides is 1. The van der Waals surface area contributed by atoms with Gasteiger partial charge in [0.1, 0.15) is 0 Å². The molecule has 0 spiro atoms. The van der Waals surface area contributed by atoms with Gasteiger partial charge in [-0.05, 0) is 38.0 Å². The minimum Gasteiger partial charge on any atom is -0.391 e. The molecule has 2 rings (SSSR count). The van der Waals surface area contributed by atoms with E-state index < -0.39 is 0 Å². The van der Waals surface area contributed by atoms with Crippen molar-refractivity contribution in [3.63, 3.8) is 0 Å². The molecule has 1 unspecified atom stereocenters. The minimum absolute atomic E-state index is 0.0168. The van der Waals surface area contributed by atoms with Crippen molar-refractivity contribution in [3.8, 4) is 0 Å². The zero-order valence-electron chi connectivity index (χ0n) is 9.04. The first-order valence-corrected chi connectivity index (χ1v) is 5.83. The van der Waals surface area contributed by atoms with Crippen LogP contribution in [0.15, 0.2) is 0 Å². The molecule has 0 heterocycles. The van der Waals surface area contributed by atoms with Crippen LogP contribution >= 0.6 is 0 Å². The second kappa shape index (κ2) is 4.10. The fraction of sp³-hybridized carbons (Fsp3) is 0.909. The highest BCUT2D eigenvalue weighted by Crippen LogP contribution is 2.33. The smallest absolute Gasteiger partial charge is 0.221 e. The van der Waals surface area contributed by atoms with Crippen LogP contribution in [0.5, 0.6) is 0 Å². The molecule has 0 aliphatic heterocycles. The zero-order valence-corrected chi connectivity index (χ0v) is 9.04. The lowest BCUT2D eigenvalue weighted by Gasteiger charge is -2.37. The van der Waals surface area contributed by atoms with E-state index in [0.717, 1.165) is 32.1 Å². The Balaban J connectivity index is 1.63. The van der Waals surface area contributed by atoms with E-state index >= 15 is 0 Å². The predicted molar refractivity (Wildman–Crippen MR) is 57.1 cm³/mol. The molecule has 4 N–H and O–H groups in total. The maximum atomic E-state index is 11.5. The van der Waals surface area contributed by atoms with Crippen LogP contribution in [0.2, 0.25) is 0 Å². The number of hydrogen-bond donors (Lipinski definition) is 3. The molecule has 4 heteroatoms. The van der Waals surface area contributed by atoms with E-state index in [1.165, 1.54) is 0 Å². The molecule has 2 aliphatic carbocycles. The molecule has 0 aromatic rings. The zero-order chi connectivity index (χ0) is 10.9. The van der Waals surface area contributed by atoms with E-state index in [-0.39, 0.29) is 17.6 Å². The molecule has 0 radical (unpaired) electrons. The molecule has 0 saturated heterocycles. The number of carbonyl (C=O) groups is 1. The van der Waals surface area contributed by atoms with E-state index in [1.807, 2.05) is 0 Å². The van der Waals surface area contributed by atoms with Gasteiger partial charge in [-0.2, -0.15) is 0 Å². The second-order valence-electron chi connectivity index (χ2n) is 5.10. The van der Waals surface area contributed by atoms with E-state index in [2.05, 4.69) is 5.32 Å². The molecule has 2 aliphatic rings. The Kier molecular flexibility index (Phi) is 2.98. The number of aliphatic hydroxyl groups is 1. The lowest BCUT2D eigenvalue weighted by atomic mass is 9.75. The topological polar surface area (TPSA) is 75.4 Å². The summed E-state index contributed by atoms with van der Waals surface area (Å²) < 4.78 is 0. The van der Waals surface area contributed by atoms with Crippen molar-refractivity contribution in [3.05, 3.63) is 0 Å². The van der Waals surface area contributed by atoms with Crippen LogP contribution in [-0.4, -0.2) is 29.2 Å². The third-order valence-electron chi connectivity index (χ3n) is 3.54. The number of rotatable bonds is 5. The monoisotopic (exact) mass is 212 g/mol. The van der Waals surface area contributed by atoms with E-state index in [0.29, 0.717) is 18.9 Å². The van der Waals surface area contributed by atoms with Crippen molar-refractivity contribution >= 4 is 5.91 Å². The van der Waals surface area contributed by atoms with Crippen molar-refractivity contribution in [2.75, 3.05) is 6.54 Å². The van der Waals surface area contributed by atoms with Crippen molar-refractivity contribution in [1.29, 1.82) is 0 Å². The van der Waals surface area contributed by atoms with Crippen molar-refractivity contribution < 1.29 is 9.90 Å². The van der Waals surface area contributed by atoms with Crippen molar-refractivity contribution in [2.24, 2.45) is 11.7 Å². The Morgan fingerprint density at radius 1 is 1.53 bits per heavy atom. The summed E-state index contributed by atoms with van der Waals surface area (Å²) in [6, 6.07) is 0. The Hall–Kier alpha value is -0.610. The third kappa shape index (κ3) is 2.92. The Labute approximate surface area is 90.2 Å². The normalized spacial score (nSPS) is 25.5. The van der Waals surface area contributed by atoms with Gasteiger partial charge >= 0.3 is 0 Å². The molecule has 1 amide bonds. The molecule has 0 aromatic heterocycles. The summed E-state index contributed by atoms with van der Waals surface area (Å²) in [7, 11) is 0. The summed E-state index contributed by atoms with van der Waals surface area (Å²) in [5, 5.41) is 12.3. The molecule has 86 valence electrons. The third-order valence-corrected chi connectivity index (χ3v) is 3.54. The van der Waals surface area contributed by atoms with Crippen LogP contribution in [0, 0.1) is 5.92 Å². The predicted octanol–water partition coefficient (Wildman–Crippen LogP) is 0.145. The quantitative estimate of drug-likeness (QED) is 0.607. The summed E-state index contributed by atoms with van der Waals surface area (Å²) in [4.78, 5) is 11.5. The van der Waals surface area contributed by atoms with Crippen LogP contribution in [-0.2, 0) is 4.79 Å². The Morgan fingerprint density at radius 2 is 2.20 bits per heavy atom. The largest absolute Gasteiger partial charge is 0.391 e. The van der Waals surface area contributed by atoms with Gasteiger partial charge in [-0.25, -0.2) is 0 Å². The molecule has 1 atom stereocenters. The molecule has 2 saturated carbocycles. The highest BCUT2D eigenvalue weighted by molar-refractivity contribution is 5.77. The lowest BCUT2D eigenvalue weighted by molar-refractivity contribution is -0.123. The van der Waals surface area contributed by atoms with E-state index in [1.54, 1.807) is 0 Å². The maximum Gasteiger partial charge on any atom is 0.221 e. The first kappa shape index (κ1) is 10.9. The number of carbonyl (C=O) groups excluding carboxylic acids is 1. The summed E-state index contributed by atoms with van der Waals surface area (Å²) in [6.07, 6.45) is 5.27. The van der Waals surface area contributed by atoms with Crippen LogP contribution in [0.4, 0.5) is 0 Å². The summed E-state index contributed by atoms with van der Waals surface area (Å²) in [6.45, 7) is 0.388. The number of nitrogens with two attached hydrogens (primary N) is 1. The summed E-state index contributed by atoms with van der Waals surface area (Å²) >= 11 is 0. The first-order valence-electron chi connectivity index (χ1n) is 5.83. The molecule has 0 aromatic carbocycles. The fourth-order valence-electron chi connectivity index (χ4n) is 2.06. The number of nitrogens with one attached hydrogen (secondary N) is 1. The van der Waals surface area contributed by atoms with Gasteiger partial charge in [0.2, 0.25) is 5.91 Å². The van der Waals surface area contributed by atoms with Crippen LogP contribution in [0.1, 0.15) is 38.5 Å². The number of aliphatic hydroxyl groups excluding tert-OH is 1. The van der Waals surface area contributed by atoms with Gasteiger partial charge in [0.05, 0.1) is 6.10 Å². The molecular weight excluding hydrogens is 192 g/mol. The standard InChI is InChI=1S/C11H20N2O2/c12-11(4-1-5-11)6-10(15)13-7-9(14)8-2-3-8/h8-9,14H,1-7,12H2,(H,13,15). The van der Waals surface area contributed by atoms with Gasteiger partial charge in [-0.1, -0.05) is 0 Å². The van der Waals surface area contributed by atoms with Gasteiger partial charge in [0, 0.05) is 18.5 Å². The van der Waals surface area contributed by atoms with Gasteiger partial charge < -0.3 is 16.2 Å². The van der Waals surface area contributed by atoms with E-state index in [9.17, 15) is 9.90 Å². The van der Waals surface area contributed by atoms with Gasteiger partial charge in [0.15, 0.2) is 0 Å². The van der Waals surface area contributed by atoms with Gasteiger partial charge in [-0.3, -0.25) is 4.79 Å². The summed E-state index contributed by atoms with van der Waals surface area (Å²) in [5.74, 6) is 0.401. The SMILES string of the molecule is NC1(CC(=O)NCC(O)C2CC2)CCC1. The molecular formula is C11H20N2O2. The van der Waals surface area contributed by atoms with Crippen molar-refractivity contribution in [1.82, 2.24) is 5.32 Å². The first-order chi connectivity index (χ1) is 7.09. The maximum absolute atomic E-state index is 11.5. The minimum atomic E-state index is -0.357. The molecule has 2 fully saturated rings. The second-order valence-corrected chi connectivity index (χ2v) is 5.10. The van der Waals surface area contributed by atoms with Crippen molar-refractivity contribution in [2.45, 2.75) is 50.2 Å². The average molecular weight is 212 g/mol. The molecule has 0 bridgehead atoms. The highest BCUT2D eigenvalue weighted by atomic mass is 16.3. The number of hydrogen-bond acceptors (Lipinski definition) is 3. The lowest BCUT2D eigenvalue weighted by Crippen LogP contribution is -2.50. The molecule has 15 heavy (non-hydrogen) atoms. The Bertz CT molecular complexity index is 247. The van der Waals surface area contributed by atoms with Gasteiger partial charge in [0.25, 0.3) is 0 Å². The van der Waals surface area contributed by atoms with Crippen LogP contribution in [0.25, 0.3) is 0 Å². The highest BCUT2D eigenvalue weighted by Gasteiger charge is 2.35. The van der Waals surface area contributed by atoms with E-state index in [4.69, 9.17) is 5.73 Å². The fourth-order valence-corrected chi connectivity index (χ4v) is 2.06. The average Bonchev–Trinajstić information content (AvgIpc) is 2.94. The summed E-state index contributed by atoms with van der Waals surface area (Å²) in [5.41, 5.74) is 5.70. The van der Waals surface area contributed by atoms with Crippen LogP contribution < -0.4 is 11.1 Å². The Morgan fingerprint density at radius 3 is 2.67 bits per heavy atom. The van der Waals surface area contributed by atoms with Gasteiger partial charge in [-0.15, -0.1) is 0 Å². The van der Waals surface area contributed by atoms with Crippen LogP contribution in [0.3, 0.4) is 0 Å². The molecule has 4 nitrogen and oxygen atoms in total.